The smallest absolute Gasteiger partial charge is 0.309 e. The number of carbonyl (C=O) groups is 1. The van der Waals surface area contributed by atoms with Crippen molar-refractivity contribution in [3.63, 3.8) is 0 Å². The maximum absolute atomic E-state index is 11.2. The van der Waals surface area contributed by atoms with Crippen LogP contribution in [0.25, 0.3) is 0 Å². The first-order valence-corrected chi connectivity index (χ1v) is 6.62. The lowest BCUT2D eigenvalue weighted by atomic mass is 10.3. The Morgan fingerprint density at radius 3 is 2.18 bits per heavy atom. The number of para-hydroxylation sites is 1. The van der Waals surface area contributed by atoms with Crippen LogP contribution in [0, 0.1) is 0 Å². The van der Waals surface area contributed by atoms with Gasteiger partial charge < -0.3 is 9.29 Å². The van der Waals surface area contributed by atoms with Crippen LogP contribution in [0.2, 0.25) is 0 Å². The third-order valence-corrected chi connectivity index (χ3v) is 2.78. The van der Waals surface area contributed by atoms with Crippen molar-refractivity contribution in [3.05, 3.63) is 30.3 Å². The molecular weight excluding hydrogens is 244 g/mol. The zero-order valence-corrected chi connectivity index (χ0v) is 10.6. The molecule has 1 rings (SSSR count). The highest BCUT2D eigenvalue weighted by atomic mass is 32.2. The molecule has 0 saturated heterocycles. The van der Waals surface area contributed by atoms with E-state index in [4.69, 9.17) is 14.1 Å². The summed E-state index contributed by atoms with van der Waals surface area (Å²) >= 11 is 0. The Kier molecular flexibility index (Phi) is 6.97. The van der Waals surface area contributed by atoms with E-state index in [1.54, 1.807) is 37.3 Å². The van der Waals surface area contributed by atoms with Gasteiger partial charge in [0.1, 0.15) is 5.75 Å². The molecule has 0 unspecified atom stereocenters. The second kappa shape index (κ2) is 7.67. The lowest BCUT2D eigenvalue weighted by Gasteiger charge is -2.04. The van der Waals surface area contributed by atoms with E-state index in [0.29, 0.717) is 12.2 Å². The van der Waals surface area contributed by atoms with Crippen LogP contribution in [0.15, 0.2) is 30.3 Å². The van der Waals surface area contributed by atoms with Crippen LogP contribution in [0.4, 0.5) is 0 Å². The van der Waals surface area contributed by atoms with Crippen LogP contribution in [-0.4, -0.2) is 25.2 Å². The van der Waals surface area contributed by atoms with Crippen molar-refractivity contribution in [1.29, 1.82) is 0 Å². The molecule has 96 valence electrons. The lowest BCUT2D eigenvalue weighted by molar-refractivity contribution is -0.134. The van der Waals surface area contributed by atoms with Crippen LogP contribution in [0.1, 0.15) is 20.3 Å². The van der Waals surface area contributed by atoms with Gasteiger partial charge in [-0.2, -0.15) is 8.42 Å². The minimum absolute atomic E-state index is 0.0574. The molecule has 0 aliphatic rings. The minimum atomic E-state index is -3.38. The fourth-order valence-electron chi connectivity index (χ4n) is 0.914. The molecule has 0 radical (unpaired) electrons. The summed E-state index contributed by atoms with van der Waals surface area (Å²) in [6, 6.07) is 8.51. The molecule has 0 aliphatic heterocycles. The highest BCUT2D eigenvalue weighted by molar-refractivity contribution is 7.87. The van der Waals surface area contributed by atoms with Crippen molar-refractivity contribution in [2.75, 3.05) is 5.75 Å². The second-order valence-corrected chi connectivity index (χ2v) is 4.87. The molecule has 0 bridgehead atoms. The third-order valence-electron chi connectivity index (χ3n) is 1.42. The summed E-state index contributed by atoms with van der Waals surface area (Å²) in [4.78, 5) is 9.00. The molecule has 0 saturated carbocycles. The van der Waals surface area contributed by atoms with Crippen molar-refractivity contribution in [2.45, 2.75) is 20.3 Å². The largest absolute Gasteiger partial charge is 0.481 e. The number of benzene rings is 1. The van der Waals surface area contributed by atoms with Gasteiger partial charge in [-0.3, -0.25) is 4.79 Å². The molecule has 0 heterocycles. The van der Waals surface area contributed by atoms with Gasteiger partial charge in [-0.1, -0.05) is 25.1 Å². The topological polar surface area (TPSA) is 80.7 Å². The Balaban J connectivity index is 0.000000557. The van der Waals surface area contributed by atoms with E-state index in [2.05, 4.69) is 0 Å². The summed E-state index contributed by atoms with van der Waals surface area (Å²) < 4.78 is 27.2. The van der Waals surface area contributed by atoms with Gasteiger partial charge in [-0.15, -0.1) is 0 Å². The quantitative estimate of drug-likeness (QED) is 0.836. The fraction of sp³-hybridized carbons (Fsp3) is 0.364. The maximum atomic E-state index is 11.2. The number of hydrogen-bond acceptors (Lipinski definition) is 4. The molecule has 0 aliphatic carbocycles. The maximum Gasteiger partial charge on any atom is 0.309 e. The van der Waals surface area contributed by atoms with Crippen LogP contribution < -0.4 is 4.18 Å². The van der Waals surface area contributed by atoms with E-state index in [9.17, 15) is 8.42 Å². The van der Waals surface area contributed by atoms with Crippen molar-refractivity contribution in [3.8, 4) is 5.75 Å². The van der Waals surface area contributed by atoms with Crippen molar-refractivity contribution < 1.29 is 22.5 Å². The summed E-state index contributed by atoms with van der Waals surface area (Å²) in [6.07, 6.45) is 0.565. The number of hydrogen-bond donors (Lipinski definition) is 1. The van der Waals surface area contributed by atoms with Crippen LogP contribution in [-0.2, 0) is 14.9 Å². The Hall–Kier alpha value is -1.56. The van der Waals surface area contributed by atoms with Crippen LogP contribution >= 0.6 is 0 Å². The monoisotopic (exact) mass is 260 g/mol. The van der Waals surface area contributed by atoms with Crippen molar-refractivity contribution in [1.82, 2.24) is 0 Å². The summed E-state index contributed by atoms with van der Waals surface area (Å²) in [5.74, 6) is -0.405. The van der Waals surface area contributed by atoms with Gasteiger partial charge in [0, 0.05) is 6.92 Å². The van der Waals surface area contributed by atoms with Gasteiger partial charge in [0.2, 0.25) is 0 Å². The van der Waals surface area contributed by atoms with Gasteiger partial charge in [-0.25, -0.2) is 0 Å². The average molecular weight is 260 g/mol. The van der Waals surface area contributed by atoms with Gasteiger partial charge >= 0.3 is 10.1 Å². The molecule has 0 spiro atoms. The van der Waals surface area contributed by atoms with Crippen LogP contribution in [0.3, 0.4) is 0 Å². The number of rotatable bonds is 4. The first-order valence-electron chi connectivity index (χ1n) is 5.04. The second-order valence-electron chi connectivity index (χ2n) is 3.18. The molecule has 6 heteroatoms. The fourth-order valence-corrected chi connectivity index (χ4v) is 1.90. The van der Waals surface area contributed by atoms with Crippen molar-refractivity contribution in [2.24, 2.45) is 0 Å². The van der Waals surface area contributed by atoms with Crippen molar-refractivity contribution >= 4 is 16.1 Å². The van der Waals surface area contributed by atoms with E-state index < -0.39 is 16.1 Å². The van der Waals surface area contributed by atoms with E-state index in [0.717, 1.165) is 6.92 Å². The zero-order chi connectivity index (χ0) is 13.3. The molecular formula is C11H16O5S. The first kappa shape index (κ1) is 15.4. The summed E-state index contributed by atoms with van der Waals surface area (Å²) in [5, 5.41) is 7.42. The van der Waals surface area contributed by atoms with E-state index in [1.165, 1.54) is 0 Å². The molecule has 1 aromatic rings. The Labute approximate surface area is 101 Å². The molecule has 1 aromatic carbocycles. The summed E-state index contributed by atoms with van der Waals surface area (Å²) in [5.41, 5.74) is 0. The molecule has 0 atom stereocenters. The zero-order valence-electron chi connectivity index (χ0n) is 9.79. The van der Waals surface area contributed by atoms with E-state index >= 15 is 0 Å². The predicted octanol–water partition coefficient (Wildman–Crippen LogP) is 1.90. The van der Waals surface area contributed by atoms with Crippen LogP contribution in [0.5, 0.6) is 5.75 Å². The molecule has 5 nitrogen and oxygen atoms in total. The van der Waals surface area contributed by atoms with E-state index in [1.807, 2.05) is 0 Å². The van der Waals surface area contributed by atoms with E-state index in [-0.39, 0.29) is 5.75 Å². The number of aliphatic carboxylic acids is 1. The lowest BCUT2D eigenvalue weighted by Crippen LogP contribution is -2.12. The highest BCUT2D eigenvalue weighted by Gasteiger charge is 2.09. The SMILES string of the molecule is CC(=O)O.CCCS(=O)(=O)Oc1ccccc1. The van der Waals surface area contributed by atoms with Gasteiger partial charge in [0.25, 0.3) is 5.97 Å². The average Bonchev–Trinajstić information content (AvgIpc) is 2.17. The molecule has 0 amide bonds. The Bertz CT molecular complexity index is 420. The van der Waals surface area contributed by atoms with Gasteiger partial charge in [-0.05, 0) is 18.6 Å². The first-order chi connectivity index (χ1) is 7.87. The molecule has 0 aromatic heterocycles. The number of carboxylic acid groups (broad SMARTS) is 1. The standard InChI is InChI=1S/C9H12O3S.C2H4O2/c1-2-8-13(10,11)12-9-6-4-3-5-7-9;1-2(3)4/h3-7H,2,8H2,1H3;1H3,(H,3,4). The summed E-state index contributed by atoms with van der Waals surface area (Å²) in [6.45, 7) is 2.88. The summed E-state index contributed by atoms with van der Waals surface area (Å²) in [7, 11) is -3.38. The Morgan fingerprint density at radius 1 is 1.29 bits per heavy atom. The molecule has 17 heavy (non-hydrogen) atoms. The normalized spacial score (nSPS) is 10.0. The predicted molar refractivity (Wildman–Crippen MR) is 64.5 cm³/mol. The Morgan fingerprint density at radius 2 is 1.76 bits per heavy atom. The van der Waals surface area contributed by atoms with Gasteiger partial charge in [0.05, 0.1) is 5.75 Å². The highest BCUT2D eigenvalue weighted by Crippen LogP contribution is 2.11. The number of carboxylic acids is 1. The molecule has 1 N–H and O–H groups in total. The molecule has 0 fully saturated rings. The van der Waals surface area contributed by atoms with Gasteiger partial charge in [0.15, 0.2) is 0 Å². The third kappa shape index (κ3) is 9.37. The minimum Gasteiger partial charge on any atom is -0.481 e.